The largest absolute Gasteiger partial charge is 0.465 e. The van der Waals surface area contributed by atoms with Gasteiger partial charge in [-0.25, -0.2) is 14.8 Å². The van der Waals surface area contributed by atoms with Gasteiger partial charge in [0.25, 0.3) is 0 Å². The fraction of sp³-hybridized carbons (Fsp3) is 0.227. The second kappa shape index (κ2) is 8.99. The van der Waals surface area contributed by atoms with Crippen molar-refractivity contribution in [2.75, 3.05) is 17.3 Å². The lowest BCUT2D eigenvalue weighted by Crippen LogP contribution is -2.31. The highest BCUT2D eigenvalue weighted by Crippen LogP contribution is 2.22. The van der Waals surface area contributed by atoms with Crippen LogP contribution in [0.1, 0.15) is 29.8 Å². The van der Waals surface area contributed by atoms with Crippen molar-refractivity contribution in [1.82, 2.24) is 9.97 Å². The third-order valence-corrected chi connectivity index (χ3v) is 4.34. The molecule has 0 saturated heterocycles. The summed E-state index contributed by atoms with van der Waals surface area (Å²) in [4.78, 5) is 22.5. The van der Waals surface area contributed by atoms with Crippen LogP contribution in [0, 0.1) is 0 Å². The topological polar surface area (TPSA) is 67.3 Å². The number of nitrogens with one attached hydrogen (secondary N) is 1. The Hall–Kier alpha value is -3.41. The first-order valence-electron chi connectivity index (χ1n) is 9.15. The number of esters is 1. The number of hydrogen-bond donors (Lipinski definition) is 1. The average Bonchev–Trinajstić information content (AvgIpc) is 2.73. The van der Waals surface area contributed by atoms with E-state index in [0.717, 1.165) is 18.1 Å². The SMILES string of the molecule is COC(=O)c1ccc(Nc2cc(N(Cc3ccccc3)C(C)C)ncn2)cc1. The van der Waals surface area contributed by atoms with Crippen molar-refractivity contribution in [3.63, 3.8) is 0 Å². The third kappa shape index (κ3) is 4.85. The van der Waals surface area contributed by atoms with Gasteiger partial charge < -0.3 is 15.0 Å². The molecular weight excluding hydrogens is 352 g/mol. The molecule has 0 aliphatic carbocycles. The van der Waals surface area contributed by atoms with E-state index in [1.54, 1.807) is 18.5 Å². The van der Waals surface area contributed by atoms with E-state index in [9.17, 15) is 4.79 Å². The van der Waals surface area contributed by atoms with Crippen LogP contribution in [-0.2, 0) is 11.3 Å². The van der Waals surface area contributed by atoms with Gasteiger partial charge in [-0.1, -0.05) is 30.3 Å². The first-order valence-corrected chi connectivity index (χ1v) is 9.15. The second-order valence-electron chi connectivity index (χ2n) is 6.66. The van der Waals surface area contributed by atoms with Gasteiger partial charge in [0.2, 0.25) is 0 Å². The Morgan fingerprint density at radius 1 is 1.07 bits per heavy atom. The minimum absolute atomic E-state index is 0.280. The normalized spacial score (nSPS) is 10.6. The van der Waals surface area contributed by atoms with Crippen molar-refractivity contribution in [3.8, 4) is 0 Å². The van der Waals surface area contributed by atoms with Crippen LogP contribution in [0.5, 0.6) is 0 Å². The van der Waals surface area contributed by atoms with Gasteiger partial charge in [-0.05, 0) is 43.7 Å². The molecule has 1 N–H and O–H groups in total. The first kappa shape index (κ1) is 19.4. The summed E-state index contributed by atoms with van der Waals surface area (Å²) in [6, 6.07) is 19.6. The summed E-state index contributed by atoms with van der Waals surface area (Å²) >= 11 is 0. The monoisotopic (exact) mass is 376 g/mol. The number of benzene rings is 2. The quantitative estimate of drug-likeness (QED) is 0.616. The van der Waals surface area contributed by atoms with Crippen LogP contribution < -0.4 is 10.2 Å². The molecule has 2 aromatic carbocycles. The molecule has 0 unspecified atom stereocenters. The standard InChI is InChI=1S/C22H24N4O2/c1-16(2)26(14-17-7-5-4-6-8-17)21-13-20(23-15-24-21)25-19-11-9-18(10-12-19)22(27)28-3/h4-13,15-16H,14H2,1-3H3,(H,23,24,25). The molecule has 0 fully saturated rings. The van der Waals surface area contributed by atoms with Gasteiger partial charge in [0.05, 0.1) is 12.7 Å². The zero-order chi connectivity index (χ0) is 19.9. The zero-order valence-electron chi connectivity index (χ0n) is 16.3. The third-order valence-electron chi connectivity index (χ3n) is 4.34. The lowest BCUT2D eigenvalue weighted by molar-refractivity contribution is 0.0601. The van der Waals surface area contributed by atoms with E-state index in [0.29, 0.717) is 11.4 Å². The molecule has 6 nitrogen and oxygen atoms in total. The minimum Gasteiger partial charge on any atom is -0.465 e. The predicted octanol–water partition coefficient (Wildman–Crippen LogP) is 4.42. The molecule has 0 bridgehead atoms. The van der Waals surface area contributed by atoms with Crippen LogP contribution in [0.4, 0.5) is 17.3 Å². The highest BCUT2D eigenvalue weighted by atomic mass is 16.5. The molecule has 6 heteroatoms. The van der Waals surface area contributed by atoms with Crippen molar-refractivity contribution in [1.29, 1.82) is 0 Å². The molecule has 3 rings (SSSR count). The van der Waals surface area contributed by atoms with Crippen LogP contribution in [0.25, 0.3) is 0 Å². The van der Waals surface area contributed by atoms with Crippen LogP contribution in [0.15, 0.2) is 67.0 Å². The molecule has 0 amide bonds. The Bertz CT molecular complexity index is 911. The summed E-state index contributed by atoms with van der Waals surface area (Å²) in [6.07, 6.45) is 1.56. The number of hydrogen-bond acceptors (Lipinski definition) is 6. The van der Waals surface area contributed by atoms with Gasteiger partial charge in [0.1, 0.15) is 18.0 Å². The highest BCUT2D eigenvalue weighted by molar-refractivity contribution is 5.89. The summed E-state index contributed by atoms with van der Waals surface area (Å²) in [6.45, 7) is 5.05. The Labute approximate surface area is 165 Å². The predicted molar refractivity (Wildman–Crippen MR) is 111 cm³/mol. The maximum atomic E-state index is 11.5. The summed E-state index contributed by atoms with van der Waals surface area (Å²) < 4.78 is 4.72. The smallest absolute Gasteiger partial charge is 0.337 e. The van der Waals surface area contributed by atoms with Gasteiger partial charge in [-0.15, -0.1) is 0 Å². The lowest BCUT2D eigenvalue weighted by Gasteiger charge is -2.28. The Balaban J connectivity index is 1.77. The fourth-order valence-electron chi connectivity index (χ4n) is 2.84. The molecular formula is C22H24N4O2. The van der Waals surface area contributed by atoms with Crippen molar-refractivity contribution < 1.29 is 9.53 Å². The molecule has 0 aliphatic heterocycles. The van der Waals surface area contributed by atoms with E-state index in [1.807, 2.05) is 36.4 Å². The first-order chi connectivity index (χ1) is 13.6. The van der Waals surface area contributed by atoms with Crippen molar-refractivity contribution in [3.05, 3.63) is 78.1 Å². The summed E-state index contributed by atoms with van der Waals surface area (Å²) in [5.41, 5.74) is 2.56. The summed E-state index contributed by atoms with van der Waals surface area (Å²) in [5, 5.41) is 3.26. The van der Waals surface area contributed by atoms with Gasteiger partial charge in [0, 0.05) is 24.3 Å². The van der Waals surface area contributed by atoms with E-state index >= 15 is 0 Å². The van der Waals surface area contributed by atoms with Crippen LogP contribution in [0.3, 0.4) is 0 Å². The van der Waals surface area contributed by atoms with Crippen molar-refractivity contribution >= 4 is 23.3 Å². The number of nitrogens with zero attached hydrogens (tertiary/aromatic N) is 3. The maximum Gasteiger partial charge on any atom is 0.337 e. The molecule has 1 aromatic heterocycles. The number of aromatic nitrogens is 2. The second-order valence-corrected chi connectivity index (χ2v) is 6.66. The van der Waals surface area contributed by atoms with Gasteiger partial charge in [0.15, 0.2) is 0 Å². The molecule has 0 atom stereocenters. The van der Waals surface area contributed by atoms with Crippen molar-refractivity contribution in [2.45, 2.75) is 26.4 Å². The number of rotatable bonds is 7. The van der Waals surface area contributed by atoms with E-state index in [4.69, 9.17) is 4.74 Å². The Morgan fingerprint density at radius 2 is 1.79 bits per heavy atom. The van der Waals surface area contributed by atoms with Gasteiger partial charge >= 0.3 is 5.97 Å². The van der Waals surface area contributed by atoms with E-state index < -0.39 is 0 Å². The number of carbonyl (C=O) groups excluding carboxylic acids is 1. The number of methoxy groups -OCH3 is 1. The van der Waals surface area contributed by atoms with Crippen LogP contribution in [-0.4, -0.2) is 29.1 Å². The number of anilines is 3. The van der Waals surface area contributed by atoms with Gasteiger partial charge in [-0.3, -0.25) is 0 Å². The lowest BCUT2D eigenvalue weighted by atomic mass is 10.2. The molecule has 3 aromatic rings. The van der Waals surface area contributed by atoms with Gasteiger partial charge in [-0.2, -0.15) is 0 Å². The Kier molecular flexibility index (Phi) is 6.22. The van der Waals surface area contributed by atoms with E-state index in [-0.39, 0.29) is 12.0 Å². The number of ether oxygens (including phenoxy) is 1. The fourth-order valence-corrected chi connectivity index (χ4v) is 2.84. The molecule has 28 heavy (non-hydrogen) atoms. The highest BCUT2D eigenvalue weighted by Gasteiger charge is 2.14. The molecule has 0 radical (unpaired) electrons. The van der Waals surface area contributed by atoms with Crippen LogP contribution in [0.2, 0.25) is 0 Å². The summed E-state index contributed by atoms with van der Waals surface area (Å²) in [7, 11) is 1.37. The molecule has 144 valence electrons. The number of carbonyl (C=O) groups is 1. The molecule has 0 spiro atoms. The van der Waals surface area contributed by atoms with E-state index in [2.05, 4.69) is 46.2 Å². The molecule has 0 aliphatic rings. The molecule has 0 saturated carbocycles. The minimum atomic E-state index is -0.357. The van der Waals surface area contributed by atoms with Crippen LogP contribution >= 0.6 is 0 Å². The summed E-state index contributed by atoms with van der Waals surface area (Å²) in [5.74, 6) is 1.18. The van der Waals surface area contributed by atoms with Crippen molar-refractivity contribution in [2.24, 2.45) is 0 Å². The van der Waals surface area contributed by atoms with E-state index in [1.165, 1.54) is 12.7 Å². The average molecular weight is 376 g/mol. The molecule has 1 heterocycles. The zero-order valence-corrected chi connectivity index (χ0v) is 16.3. The maximum absolute atomic E-state index is 11.5. The Morgan fingerprint density at radius 3 is 2.43 bits per heavy atom.